The quantitative estimate of drug-likeness (QED) is 0.0302. The molecule has 0 saturated carbocycles. The number of nitrogens with zero attached hydrogens (tertiary/aromatic N) is 8. The fourth-order valence-electron chi connectivity index (χ4n) is 9.69. The zero-order chi connectivity index (χ0) is 72.0. The van der Waals surface area contributed by atoms with E-state index in [9.17, 15) is 15.3 Å². The van der Waals surface area contributed by atoms with E-state index in [0.29, 0.717) is 95.7 Å². The summed E-state index contributed by atoms with van der Waals surface area (Å²) in [6.07, 6.45) is 14.0. The minimum atomic E-state index is -1.03. The van der Waals surface area contributed by atoms with E-state index in [2.05, 4.69) is 115 Å². The van der Waals surface area contributed by atoms with Crippen LogP contribution in [-0.2, 0) is 33.9 Å². The molecule has 3 saturated heterocycles. The molecule has 0 spiro atoms. The number of nitrogens with one attached hydrogen (secondary N) is 1. The Morgan fingerprint density at radius 3 is 1.64 bits per heavy atom. The van der Waals surface area contributed by atoms with Crippen LogP contribution in [0.15, 0.2) is 130 Å². The Morgan fingerprint density at radius 2 is 1.11 bits per heavy atom. The molecule has 5 aliphatic rings. The van der Waals surface area contributed by atoms with Gasteiger partial charge in [0.2, 0.25) is 29.4 Å². The molecule has 1 radical (unpaired) electrons. The number of hydrogen-bond acceptors (Lipinski definition) is 27. The predicted molar refractivity (Wildman–Crippen MR) is 388 cm³/mol. The third kappa shape index (κ3) is 26.1. The second-order valence-corrected chi connectivity index (χ2v) is 24.6. The summed E-state index contributed by atoms with van der Waals surface area (Å²) in [6.45, 7) is 17.3. The molecule has 12 rings (SSSR count). The number of thiol groups is 1. The van der Waals surface area contributed by atoms with Crippen LogP contribution in [0, 0.1) is 0 Å². The summed E-state index contributed by atoms with van der Waals surface area (Å²) >= 11 is 6.24. The average molecular weight is 1470 g/mol. The van der Waals surface area contributed by atoms with Crippen LogP contribution in [0.2, 0.25) is 0 Å². The van der Waals surface area contributed by atoms with Crippen LogP contribution in [0.4, 0.5) is 11.5 Å². The fourth-order valence-corrected chi connectivity index (χ4v) is 10.0. The summed E-state index contributed by atoms with van der Waals surface area (Å²) in [4.78, 5) is 29.3. The van der Waals surface area contributed by atoms with Crippen molar-refractivity contribution >= 4 is 60.6 Å². The minimum absolute atomic E-state index is 0. The Morgan fingerprint density at radius 1 is 0.600 bits per heavy atom. The number of aliphatic hydroxyl groups is 1. The molecular formula is C70H93B2BrN9O17S. The van der Waals surface area contributed by atoms with Gasteiger partial charge in [-0.25, -0.2) is 29.9 Å². The Kier molecular flexibility index (Phi) is 34.2. The first kappa shape index (κ1) is 82.5. The zero-order valence-electron chi connectivity index (χ0n) is 57.7. The Bertz CT molecular complexity index is 3680. The molecule has 30 heteroatoms. The molecule has 5 aliphatic heterocycles. The van der Waals surface area contributed by atoms with Crippen molar-refractivity contribution in [3.05, 3.63) is 149 Å². The van der Waals surface area contributed by atoms with Crippen molar-refractivity contribution in [2.24, 2.45) is 4.30 Å². The number of halogens is 1. The summed E-state index contributed by atoms with van der Waals surface area (Å²) < 4.78 is 67.4. The van der Waals surface area contributed by atoms with Crippen LogP contribution >= 0.6 is 28.7 Å². The van der Waals surface area contributed by atoms with Crippen molar-refractivity contribution in [1.29, 1.82) is 0 Å². The summed E-state index contributed by atoms with van der Waals surface area (Å²) in [7, 11) is 11.9. The van der Waals surface area contributed by atoms with E-state index in [1.807, 2.05) is 24.3 Å². The Balaban J connectivity index is 0.000000227. The van der Waals surface area contributed by atoms with Crippen molar-refractivity contribution in [2.45, 2.75) is 116 Å². The van der Waals surface area contributed by atoms with Crippen LogP contribution < -0.4 is 33.7 Å². The molecule has 12 heterocycles. The Hall–Kier alpha value is -8.19. The first-order valence-corrected chi connectivity index (χ1v) is 32.9. The Labute approximate surface area is 601 Å². The van der Waals surface area contributed by atoms with Crippen LogP contribution in [0.3, 0.4) is 0 Å². The van der Waals surface area contributed by atoms with Crippen molar-refractivity contribution < 1.29 is 82.2 Å². The number of ether oxygens (including phenoxy) is 10. The second kappa shape index (κ2) is 41.5. The van der Waals surface area contributed by atoms with E-state index in [1.165, 1.54) is 38.0 Å². The number of anilines is 2. The van der Waals surface area contributed by atoms with Crippen LogP contribution in [-0.4, -0.2) is 175 Å². The molecule has 0 atom stereocenters. The van der Waals surface area contributed by atoms with Gasteiger partial charge in [-0.15, -0.1) is 0 Å². The SMILES string of the molecule is C.CC1(C)OB(C2=CCOCC2)OC1(C)C.COc1ccc(O)c(Br)n1.COc1ccc(O)c(C2=CCOCC2)n1.COc1ccc(O)c(C2CCOCC2)n1.COc1ccc(O)cn1.COc1ccc(Oc2ccnc(Nc3ccnc(C(C)(C)O)c3)c2)c(C2CCOCC2)n1.[B]=NS. The van der Waals surface area contributed by atoms with Crippen LogP contribution in [0.1, 0.15) is 122 Å². The number of pyridine rings is 7. The third-order valence-corrected chi connectivity index (χ3v) is 16.4. The molecule has 0 unspecified atom stereocenters. The van der Waals surface area contributed by atoms with E-state index >= 15 is 0 Å². The number of methoxy groups -OCH3 is 5. The van der Waals surface area contributed by atoms with Crippen molar-refractivity contribution in [3.8, 4) is 63.9 Å². The molecule has 0 aliphatic carbocycles. The molecule has 0 amide bonds. The summed E-state index contributed by atoms with van der Waals surface area (Å²) in [5.74, 6) is 5.80. The summed E-state index contributed by atoms with van der Waals surface area (Å²) in [6, 6.07) is 23.7. The van der Waals surface area contributed by atoms with Crippen molar-refractivity contribution in [2.75, 3.05) is 93.7 Å². The van der Waals surface area contributed by atoms with Gasteiger partial charge in [-0.1, -0.05) is 19.6 Å². The number of aromatic nitrogens is 7. The van der Waals surface area contributed by atoms with E-state index in [0.717, 1.165) is 81.0 Å². The summed E-state index contributed by atoms with van der Waals surface area (Å²) in [5.41, 5.74) is 4.28. The normalized spacial score (nSPS) is 16.0. The molecule has 0 bridgehead atoms. The van der Waals surface area contributed by atoms with Gasteiger partial charge in [-0.2, -0.15) is 0 Å². The third-order valence-electron chi connectivity index (χ3n) is 15.8. The van der Waals surface area contributed by atoms with Gasteiger partial charge in [0.15, 0.2) is 4.60 Å². The fraction of sp³-hybridized carbons (Fsp3) is 0.443. The molecule has 7 aromatic rings. The molecule has 7 aromatic heterocycles. The van der Waals surface area contributed by atoms with Gasteiger partial charge < -0.3 is 87.5 Å². The number of aromatic hydroxyl groups is 4. The molecule has 0 aromatic carbocycles. The van der Waals surface area contributed by atoms with Gasteiger partial charge in [-0.3, -0.25) is 4.98 Å². The first-order valence-electron chi connectivity index (χ1n) is 31.7. The van der Waals surface area contributed by atoms with Gasteiger partial charge in [0, 0.05) is 92.7 Å². The van der Waals surface area contributed by atoms with Gasteiger partial charge in [0.05, 0.1) is 96.5 Å². The van der Waals surface area contributed by atoms with Crippen molar-refractivity contribution in [3.63, 3.8) is 0 Å². The standard InChI is InChI=1S/C24H28N4O4.C11H19BO3.C11H15NO3.C11H13NO3.C6H6BrNO2.C6H7NO2.CH4.BHNS/c1-24(2,29)20-14-17(6-10-25-20)27-21-15-18(7-11-26-21)32-19-4-5-22(30-3)28-23(19)16-8-12-31-13-9-16;1-10(2)11(3,4)15-12(14-10)9-5-7-13-8-6-9;2*1-14-10-3-2-9(13)11(12-10)8-4-6-15-7-5-8;1-10-5-3-2-4(9)6(7)8-5;1-9-6-3-2-5(8)4-7-6;;1-2-3/h4-7,10-11,14-16,29H,8-9,12-13H2,1-3H3,(H,25,26,27);5H,6-8H2,1-4H3;2-3,8,13H,4-7H2,1H3;2-4,13H,5-7H2,1H3;2-3,9H,1H3;2-4,8H,1H3;1H4;3H. The monoisotopic (exact) mass is 1460 g/mol. The van der Waals surface area contributed by atoms with Crippen molar-refractivity contribution in [1.82, 2.24) is 34.9 Å². The first-order chi connectivity index (χ1) is 47.4. The van der Waals surface area contributed by atoms with E-state index in [-0.39, 0.29) is 60.6 Å². The molecule has 26 nitrogen and oxygen atoms in total. The molecule has 6 N–H and O–H groups in total. The zero-order valence-corrected chi connectivity index (χ0v) is 60.2. The number of rotatable bonds is 14. The van der Waals surface area contributed by atoms with E-state index < -0.39 is 5.60 Å². The summed E-state index contributed by atoms with van der Waals surface area (Å²) in [5, 5.41) is 50.6. The molecular weight excluding hydrogens is 1370 g/mol. The molecule has 100 heavy (non-hydrogen) atoms. The van der Waals surface area contributed by atoms with Crippen LogP contribution in [0.25, 0.3) is 5.57 Å². The topological polar surface area (TPSA) is 327 Å². The molecule has 539 valence electrons. The van der Waals surface area contributed by atoms with Gasteiger partial charge in [0.1, 0.15) is 51.6 Å². The predicted octanol–water partition coefficient (Wildman–Crippen LogP) is 13.0. The van der Waals surface area contributed by atoms with E-state index in [1.54, 1.807) is 102 Å². The molecule has 3 fully saturated rings. The van der Waals surface area contributed by atoms with E-state index in [4.69, 9.17) is 66.9 Å². The van der Waals surface area contributed by atoms with Gasteiger partial charge in [-0.05, 0) is 156 Å². The maximum atomic E-state index is 10.2. The average Bonchev–Trinajstić information content (AvgIpc) is 1.62. The van der Waals surface area contributed by atoms with Gasteiger partial charge >= 0.3 is 31.9 Å². The maximum absolute atomic E-state index is 10.2. The van der Waals surface area contributed by atoms with Crippen LogP contribution in [0.5, 0.6) is 63.9 Å². The number of hydrogen-bond donors (Lipinski definition) is 7. The second-order valence-electron chi connectivity index (χ2n) is 23.7. The van der Waals surface area contributed by atoms with Gasteiger partial charge in [0.25, 0.3) is 0 Å².